The standard InChI is InChI=1S/C18H21NO4S/c1-13-3-6-16(7-4-13)24(21,22)19-10-9-18(20)17-8-5-15(23-2)11-14(17)12-19/h3-8,11,18,20H,9-10,12H2,1-2H3/t18-/m1/s1. The van der Waals surface area contributed by atoms with Gasteiger partial charge in [-0.1, -0.05) is 23.8 Å². The molecule has 0 saturated heterocycles. The average molecular weight is 347 g/mol. The summed E-state index contributed by atoms with van der Waals surface area (Å²) in [5, 5.41) is 10.3. The SMILES string of the molecule is COc1ccc2c(c1)CN(S(=O)(=O)c1ccc(C)cc1)CC[C@H]2O. The first-order valence-corrected chi connectivity index (χ1v) is 9.27. The molecule has 0 aromatic heterocycles. The normalized spacial score (nSPS) is 18.7. The molecule has 1 aliphatic heterocycles. The molecule has 0 radical (unpaired) electrons. The highest BCUT2D eigenvalue weighted by Gasteiger charge is 2.29. The van der Waals surface area contributed by atoms with Gasteiger partial charge in [0.2, 0.25) is 10.0 Å². The van der Waals surface area contributed by atoms with Crippen LogP contribution in [0.4, 0.5) is 0 Å². The molecular weight excluding hydrogens is 326 g/mol. The van der Waals surface area contributed by atoms with Crippen molar-refractivity contribution in [1.82, 2.24) is 4.31 Å². The number of hydrogen-bond acceptors (Lipinski definition) is 4. The fourth-order valence-corrected chi connectivity index (χ4v) is 4.36. The Labute approximate surface area is 142 Å². The van der Waals surface area contributed by atoms with Crippen molar-refractivity contribution in [1.29, 1.82) is 0 Å². The molecule has 0 bridgehead atoms. The number of nitrogens with zero attached hydrogens (tertiary/aromatic N) is 1. The Morgan fingerprint density at radius 3 is 2.54 bits per heavy atom. The third kappa shape index (κ3) is 3.17. The van der Waals surface area contributed by atoms with Crippen LogP contribution in [0.1, 0.15) is 29.2 Å². The number of aliphatic hydroxyl groups is 1. The second-order valence-electron chi connectivity index (χ2n) is 6.02. The summed E-state index contributed by atoms with van der Waals surface area (Å²) < 4.78 is 32.5. The molecule has 2 aromatic carbocycles. The molecule has 24 heavy (non-hydrogen) atoms. The Balaban J connectivity index is 1.98. The molecule has 0 unspecified atom stereocenters. The number of methoxy groups -OCH3 is 1. The first-order chi connectivity index (χ1) is 11.4. The van der Waals surface area contributed by atoms with Crippen molar-refractivity contribution in [2.45, 2.75) is 30.9 Å². The van der Waals surface area contributed by atoms with Crippen molar-refractivity contribution in [2.75, 3.05) is 13.7 Å². The Bertz CT molecular complexity index is 831. The van der Waals surface area contributed by atoms with Crippen LogP contribution in [0.3, 0.4) is 0 Å². The van der Waals surface area contributed by atoms with E-state index in [0.29, 0.717) is 12.2 Å². The number of fused-ring (bicyclic) bond motifs is 1. The van der Waals surface area contributed by atoms with Crippen LogP contribution < -0.4 is 4.74 Å². The van der Waals surface area contributed by atoms with E-state index >= 15 is 0 Å². The molecule has 1 heterocycles. The maximum Gasteiger partial charge on any atom is 0.243 e. The van der Waals surface area contributed by atoms with E-state index in [-0.39, 0.29) is 18.0 Å². The van der Waals surface area contributed by atoms with Gasteiger partial charge in [-0.25, -0.2) is 8.42 Å². The molecule has 1 aliphatic rings. The van der Waals surface area contributed by atoms with Gasteiger partial charge in [-0.3, -0.25) is 0 Å². The van der Waals surface area contributed by atoms with Gasteiger partial charge in [0.25, 0.3) is 0 Å². The molecule has 0 spiro atoms. The molecule has 1 atom stereocenters. The third-order valence-electron chi connectivity index (χ3n) is 4.37. The first-order valence-electron chi connectivity index (χ1n) is 7.83. The Kier molecular flexibility index (Phi) is 4.62. The predicted molar refractivity (Wildman–Crippen MR) is 91.3 cm³/mol. The topological polar surface area (TPSA) is 66.8 Å². The van der Waals surface area contributed by atoms with E-state index in [0.717, 1.165) is 16.7 Å². The first kappa shape index (κ1) is 17.0. The second-order valence-corrected chi connectivity index (χ2v) is 7.96. The molecule has 1 N–H and O–H groups in total. The van der Waals surface area contributed by atoms with Crippen LogP contribution in [0, 0.1) is 6.92 Å². The number of aliphatic hydroxyl groups excluding tert-OH is 1. The molecule has 0 fully saturated rings. The zero-order valence-corrected chi connectivity index (χ0v) is 14.6. The molecule has 6 heteroatoms. The number of hydrogen-bond donors (Lipinski definition) is 1. The Morgan fingerprint density at radius 2 is 1.88 bits per heavy atom. The monoisotopic (exact) mass is 347 g/mol. The zero-order valence-electron chi connectivity index (χ0n) is 13.8. The van der Waals surface area contributed by atoms with Crippen LogP contribution in [0.2, 0.25) is 0 Å². The van der Waals surface area contributed by atoms with Gasteiger partial charge >= 0.3 is 0 Å². The van der Waals surface area contributed by atoms with Gasteiger partial charge in [-0.15, -0.1) is 0 Å². The van der Waals surface area contributed by atoms with Gasteiger partial charge in [-0.05, 0) is 48.7 Å². The van der Waals surface area contributed by atoms with Crippen LogP contribution >= 0.6 is 0 Å². The van der Waals surface area contributed by atoms with Crippen LogP contribution in [0.25, 0.3) is 0 Å². The number of benzene rings is 2. The Morgan fingerprint density at radius 1 is 1.17 bits per heavy atom. The van der Waals surface area contributed by atoms with E-state index in [1.165, 1.54) is 4.31 Å². The number of sulfonamides is 1. The number of ether oxygens (including phenoxy) is 1. The van der Waals surface area contributed by atoms with Gasteiger partial charge in [0.05, 0.1) is 18.1 Å². The van der Waals surface area contributed by atoms with E-state index in [2.05, 4.69) is 0 Å². The second kappa shape index (κ2) is 6.55. The van der Waals surface area contributed by atoms with Crippen LogP contribution in [-0.2, 0) is 16.6 Å². The van der Waals surface area contributed by atoms with Crippen molar-refractivity contribution in [2.24, 2.45) is 0 Å². The van der Waals surface area contributed by atoms with Crippen molar-refractivity contribution in [3.8, 4) is 5.75 Å². The minimum atomic E-state index is -3.61. The number of aryl methyl sites for hydroxylation is 1. The van der Waals surface area contributed by atoms with Crippen molar-refractivity contribution in [3.63, 3.8) is 0 Å². The molecule has 0 aliphatic carbocycles. The van der Waals surface area contributed by atoms with Gasteiger partial charge in [0, 0.05) is 13.1 Å². The minimum Gasteiger partial charge on any atom is -0.497 e. The predicted octanol–water partition coefficient (Wildman–Crippen LogP) is 2.63. The third-order valence-corrected chi connectivity index (χ3v) is 6.23. The highest BCUT2D eigenvalue weighted by atomic mass is 32.2. The fourth-order valence-electron chi connectivity index (χ4n) is 2.93. The quantitative estimate of drug-likeness (QED) is 0.927. The van der Waals surface area contributed by atoms with Gasteiger partial charge in [0.15, 0.2) is 0 Å². The highest BCUT2D eigenvalue weighted by Crippen LogP contribution is 2.32. The summed E-state index contributed by atoms with van der Waals surface area (Å²) in [5.74, 6) is 0.649. The van der Waals surface area contributed by atoms with Crippen LogP contribution in [-0.4, -0.2) is 31.5 Å². The summed E-state index contributed by atoms with van der Waals surface area (Å²) in [5.41, 5.74) is 2.54. The molecule has 0 amide bonds. The summed E-state index contributed by atoms with van der Waals surface area (Å²) >= 11 is 0. The van der Waals surface area contributed by atoms with Crippen molar-refractivity contribution in [3.05, 3.63) is 59.2 Å². The van der Waals surface area contributed by atoms with E-state index in [1.807, 2.05) is 6.92 Å². The lowest BCUT2D eigenvalue weighted by molar-refractivity contribution is 0.164. The van der Waals surface area contributed by atoms with E-state index in [4.69, 9.17) is 4.74 Å². The highest BCUT2D eigenvalue weighted by molar-refractivity contribution is 7.89. The van der Waals surface area contributed by atoms with Gasteiger partial charge < -0.3 is 9.84 Å². The summed E-state index contributed by atoms with van der Waals surface area (Å²) in [7, 11) is -2.04. The van der Waals surface area contributed by atoms with E-state index < -0.39 is 16.1 Å². The zero-order chi connectivity index (χ0) is 17.3. The average Bonchev–Trinajstić information content (AvgIpc) is 2.74. The summed E-state index contributed by atoms with van der Waals surface area (Å²) in [6, 6.07) is 12.2. The lowest BCUT2D eigenvalue weighted by Crippen LogP contribution is -2.31. The maximum absolute atomic E-state index is 12.9. The van der Waals surface area contributed by atoms with Crippen molar-refractivity contribution >= 4 is 10.0 Å². The maximum atomic E-state index is 12.9. The largest absolute Gasteiger partial charge is 0.497 e. The minimum absolute atomic E-state index is 0.222. The molecule has 5 nitrogen and oxygen atoms in total. The summed E-state index contributed by atoms with van der Waals surface area (Å²) in [6.07, 6.45) is -0.311. The van der Waals surface area contributed by atoms with Crippen LogP contribution in [0.5, 0.6) is 5.75 Å². The Hall–Kier alpha value is -1.89. The molecular formula is C18H21NO4S. The summed E-state index contributed by atoms with van der Waals surface area (Å²) in [6.45, 7) is 2.41. The summed E-state index contributed by atoms with van der Waals surface area (Å²) in [4.78, 5) is 0.272. The molecule has 0 saturated carbocycles. The van der Waals surface area contributed by atoms with Crippen LogP contribution in [0.15, 0.2) is 47.4 Å². The van der Waals surface area contributed by atoms with E-state index in [9.17, 15) is 13.5 Å². The van der Waals surface area contributed by atoms with Gasteiger partial charge in [-0.2, -0.15) is 4.31 Å². The molecule has 3 rings (SSSR count). The number of rotatable bonds is 3. The van der Waals surface area contributed by atoms with E-state index in [1.54, 1.807) is 49.6 Å². The molecule has 128 valence electrons. The lowest BCUT2D eigenvalue weighted by Gasteiger charge is -2.20. The van der Waals surface area contributed by atoms with Gasteiger partial charge in [0.1, 0.15) is 5.75 Å². The smallest absolute Gasteiger partial charge is 0.243 e. The molecule has 2 aromatic rings. The van der Waals surface area contributed by atoms with Crippen molar-refractivity contribution < 1.29 is 18.3 Å². The lowest BCUT2D eigenvalue weighted by atomic mass is 10.0. The fraction of sp³-hybridized carbons (Fsp3) is 0.333.